The van der Waals surface area contributed by atoms with E-state index in [1.54, 1.807) is 0 Å². The molecule has 0 N–H and O–H groups in total. The second kappa shape index (κ2) is 5.85. The summed E-state index contributed by atoms with van der Waals surface area (Å²) in [5.74, 6) is 0. The van der Waals surface area contributed by atoms with Crippen molar-refractivity contribution in [3.8, 4) is 0 Å². The molecule has 0 bridgehead atoms. The lowest BCUT2D eigenvalue weighted by atomic mass is 10.1. The fourth-order valence-electron chi connectivity index (χ4n) is 1.78. The van der Waals surface area contributed by atoms with Crippen LogP contribution in [0.1, 0.15) is 23.7 Å². The minimum absolute atomic E-state index is 0.207. The molecule has 2 nitrogen and oxygen atoms in total. The highest BCUT2D eigenvalue weighted by molar-refractivity contribution is 9.09. The zero-order valence-electron chi connectivity index (χ0n) is 10.1. The van der Waals surface area contributed by atoms with E-state index in [1.807, 2.05) is 11.4 Å². The van der Waals surface area contributed by atoms with E-state index in [0.29, 0.717) is 0 Å². The van der Waals surface area contributed by atoms with Crippen molar-refractivity contribution in [2.75, 3.05) is 12.4 Å². The molecule has 2 rings (SSSR count). The van der Waals surface area contributed by atoms with Crippen molar-refractivity contribution in [2.24, 2.45) is 4.99 Å². The Bertz CT molecular complexity index is 473. The second-order valence-electron chi connectivity index (χ2n) is 4.09. The van der Waals surface area contributed by atoms with Crippen LogP contribution in [0, 0.1) is 0 Å². The van der Waals surface area contributed by atoms with Gasteiger partial charge in [-0.05, 0) is 29.6 Å². The van der Waals surface area contributed by atoms with Crippen molar-refractivity contribution in [3.63, 3.8) is 0 Å². The number of benzene rings is 1. The lowest BCUT2D eigenvalue weighted by molar-refractivity contribution is -0.137. The third kappa shape index (κ3) is 3.52. The predicted octanol–water partition coefficient (Wildman–Crippen LogP) is 4.48. The first-order valence-electron chi connectivity index (χ1n) is 5.62. The molecule has 0 saturated heterocycles. The van der Waals surface area contributed by atoms with Crippen LogP contribution >= 0.6 is 27.9 Å². The van der Waals surface area contributed by atoms with Crippen LogP contribution in [0.4, 0.5) is 13.2 Å². The third-order valence-corrected chi connectivity index (χ3v) is 4.11. The summed E-state index contributed by atoms with van der Waals surface area (Å²) < 4.78 is 39.4. The molecule has 0 saturated carbocycles. The summed E-state index contributed by atoms with van der Waals surface area (Å²) >= 11 is 4.88. The Hall–Kier alpha value is -0.530. The number of hydrogen-bond donors (Lipinski definition) is 0. The standard InChI is InChI=1S/C12H12BrF3N2S/c1-18-11(17-10(19-18)6-7-13)8-2-4-9(5-3-8)12(14,15)16/h2-5,11H,6-7H2,1H3. The predicted molar refractivity (Wildman–Crippen MR) is 75.4 cm³/mol. The normalized spacial score (nSPS) is 20.7. The number of rotatable bonds is 3. The Labute approximate surface area is 122 Å². The van der Waals surface area contributed by atoms with Crippen LogP contribution in [0.3, 0.4) is 0 Å². The van der Waals surface area contributed by atoms with Gasteiger partial charge in [-0.2, -0.15) is 13.2 Å². The summed E-state index contributed by atoms with van der Waals surface area (Å²) in [4.78, 5) is 4.52. The molecule has 1 heterocycles. The van der Waals surface area contributed by atoms with Crippen molar-refractivity contribution < 1.29 is 13.2 Å². The molecule has 0 spiro atoms. The van der Waals surface area contributed by atoms with Crippen molar-refractivity contribution in [3.05, 3.63) is 35.4 Å². The Morgan fingerprint density at radius 3 is 2.47 bits per heavy atom. The minimum Gasteiger partial charge on any atom is -0.257 e. The van der Waals surface area contributed by atoms with Gasteiger partial charge in [-0.3, -0.25) is 4.99 Å². The number of hydrogen-bond acceptors (Lipinski definition) is 3. The van der Waals surface area contributed by atoms with Gasteiger partial charge < -0.3 is 0 Å². The van der Waals surface area contributed by atoms with Gasteiger partial charge in [0.25, 0.3) is 0 Å². The topological polar surface area (TPSA) is 15.6 Å². The molecule has 0 aliphatic carbocycles. The molecule has 7 heteroatoms. The van der Waals surface area contributed by atoms with Gasteiger partial charge in [-0.25, -0.2) is 4.31 Å². The molecule has 1 aliphatic heterocycles. The lowest BCUT2D eigenvalue weighted by Crippen LogP contribution is -2.12. The lowest BCUT2D eigenvalue weighted by Gasteiger charge is -2.17. The van der Waals surface area contributed by atoms with Gasteiger partial charge in [0.05, 0.1) is 10.6 Å². The van der Waals surface area contributed by atoms with E-state index in [0.717, 1.165) is 34.5 Å². The van der Waals surface area contributed by atoms with Gasteiger partial charge in [0.1, 0.15) is 6.17 Å². The van der Waals surface area contributed by atoms with Gasteiger partial charge in [-0.1, -0.05) is 28.1 Å². The first kappa shape index (κ1) is 14.9. The van der Waals surface area contributed by atoms with Crippen LogP contribution in [-0.4, -0.2) is 21.7 Å². The molecule has 19 heavy (non-hydrogen) atoms. The average Bonchev–Trinajstić information content (AvgIpc) is 2.70. The Morgan fingerprint density at radius 1 is 1.32 bits per heavy atom. The molecule has 0 aromatic heterocycles. The summed E-state index contributed by atoms with van der Waals surface area (Å²) in [5, 5.41) is 1.82. The number of aliphatic imine (C=N–C) groups is 1. The quantitative estimate of drug-likeness (QED) is 0.588. The van der Waals surface area contributed by atoms with E-state index in [1.165, 1.54) is 24.1 Å². The van der Waals surface area contributed by atoms with Crippen molar-refractivity contribution in [1.29, 1.82) is 0 Å². The fourth-order valence-corrected chi connectivity index (χ4v) is 3.36. The Kier molecular flexibility index (Phi) is 4.58. The van der Waals surface area contributed by atoms with E-state index in [2.05, 4.69) is 20.9 Å². The molecular formula is C12H12BrF3N2S. The maximum atomic E-state index is 12.5. The minimum atomic E-state index is -4.29. The van der Waals surface area contributed by atoms with Crippen molar-refractivity contribution in [1.82, 2.24) is 4.31 Å². The van der Waals surface area contributed by atoms with E-state index in [9.17, 15) is 13.2 Å². The molecule has 1 unspecified atom stereocenters. The smallest absolute Gasteiger partial charge is 0.257 e. The maximum Gasteiger partial charge on any atom is 0.416 e. The van der Waals surface area contributed by atoms with Crippen LogP contribution in [0.5, 0.6) is 0 Å². The number of nitrogens with zero attached hydrogens (tertiary/aromatic N) is 2. The molecule has 1 aromatic rings. The monoisotopic (exact) mass is 352 g/mol. The molecule has 0 fully saturated rings. The molecular weight excluding hydrogens is 341 g/mol. The molecule has 1 aliphatic rings. The largest absolute Gasteiger partial charge is 0.416 e. The van der Waals surface area contributed by atoms with E-state index >= 15 is 0 Å². The summed E-state index contributed by atoms with van der Waals surface area (Å²) in [7, 11) is 1.89. The molecule has 0 radical (unpaired) electrons. The van der Waals surface area contributed by atoms with Crippen LogP contribution in [0.25, 0.3) is 0 Å². The summed E-state index contributed by atoms with van der Waals surface area (Å²) in [5.41, 5.74) is 0.141. The van der Waals surface area contributed by atoms with Gasteiger partial charge in [-0.15, -0.1) is 0 Å². The summed E-state index contributed by atoms with van der Waals surface area (Å²) in [6.45, 7) is 0. The second-order valence-corrected chi connectivity index (χ2v) is 6.12. The third-order valence-electron chi connectivity index (χ3n) is 2.70. The summed E-state index contributed by atoms with van der Waals surface area (Å²) in [6.07, 6.45) is -3.67. The number of halogens is 4. The highest BCUT2D eigenvalue weighted by Crippen LogP contribution is 2.37. The van der Waals surface area contributed by atoms with Crippen LogP contribution in [0.15, 0.2) is 29.3 Å². The maximum absolute atomic E-state index is 12.5. The van der Waals surface area contributed by atoms with E-state index < -0.39 is 11.7 Å². The van der Waals surface area contributed by atoms with E-state index in [4.69, 9.17) is 0 Å². The first-order chi connectivity index (χ1) is 8.91. The molecule has 1 aromatic carbocycles. The van der Waals surface area contributed by atoms with Gasteiger partial charge in [0.15, 0.2) is 0 Å². The Morgan fingerprint density at radius 2 is 1.95 bits per heavy atom. The SMILES string of the molecule is CN1SC(CCBr)=NC1c1ccc(C(F)(F)F)cc1. The fraction of sp³-hybridized carbons (Fsp3) is 0.417. The van der Waals surface area contributed by atoms with Crippen LogP contribution in [0.2, 0.25) is 0 Å². The van der Waals surface area contributed by atoms with Crippen molar-refractivity contribution >= 4 is 32.9 Å². The first-order valence-corrected chi connectivity index (χ1v) is 7.52. The number of alkyl halides is 4. The molecule has 1 atom stereocenters. The highest BCUT2D eigenvalue weighted by atomic mass is 79.9. The van der Waals surface area contributed by atoms with Gasteiger partial charge in [0, 0.05) is 18.8 Å². The summed E-state index contributed by atoms with van der Waals surface area (Å²) in [6, 6.07) is 5.19. The Balaban J connectivity index is 2.18. The average molecular weight is 353 g/mol. The van der Waals surface area contributed by atoms with Gasteiger partial charge >= 0.3 is 6.18 Å². The molecule has 104 valence electrons. The zero-order valence-corrected chi connectivity index (χ0v) is 12.5. The highest BCUT2D eigenvalue weighted by Gasteiger charge is 2.31. The van der Waals surface area contributed by atoms with E-state index in [-0.39, 0.29) is 6.17 Å². The molecule has 0 amide bonds. The zero-order chi connectivity index (χ0) is 14.0. The van der Waals surface area contributed by atoms with Crippen LogP contribution < -0.4 is 0 Å². The van der Waals surface area contributed by atoms with Crippen molar-refractivity contribution in [2.45, 2.75) is 18.8 Å². The van der Waals surface area contributed by atoms with Crippen LogP contribution in [-0.2, 0) is 6.18 Å². The van der Waals surface area contributed by atoms with Gasteiger partial charge in [0.2, 0.25) is 0 Å².